The first-order chi connectivity index (χ1) is 10.1. The van der Waals surface area contributed by atoms with Gasteiger partial charge in [0.15, 0.2) is 0 Å². The van der Waals surface area contributed by atoms with E-state index in [0.717, 1.165) is 10.0 Å². The highest BCUT2D eigenvalue weighted by atomic mass is 79.9. The normalized spacial score (nSPS) is 10.6. The van der Waals surface area contributed by atoms with E-state index in [1.165, 1.54) is 18.2 Å². The van der Waals surface area contributed by atoms with Crippen molar-refractivity contribution in [1.82, 2.24) is 0 Å². The molecule has 1 amide bonds. The number of amides is 1. The molecule has 0 aliphatic heterocycles. The minimum Gasteiger partial charge on any atom is -0.496 e. The summed E-state index contributed by atoms with van der Waals surface area (Å²) in [6.45, 7) is 0. The molecule has 2 rings (SSSR count). The van der Waals surface area contributed by atoms with Crippen molar-refractivity contribution >= 4 is 33.6 Å². The largest absolute Gasteiger partial charge is 0.496 e. The number of halogens is 2. The van der Waals surface area contributed by atoms with Gasteiger partial charge >= 0.3 is 0 Å². The van der Waals surface area contributed by atoms with Gasteiger partial charge in [0.05, 0.1) is 17.3 Å². The summed E-state index contributed by atoms with van der Waals surface area (Å²) in [4.78, 5) is 11.7. The third-order valence-corrected chi connectivity index (χ3v) is 3.35. The zero-order valence-corrected chi connectivity index (χ0v) is 12.9. The van der Waals surface area contributed by atoms with E-state index in [1.807, 2.05) is 12.1 Å². The summed E-state index contributed by atoms with van der Waals surface area (Å²) in [5, 5.41) is 2.48. The van der Waals surface area contributed by atoms with Crippen molar-refractivity contribution in [3.05, 3.63) is 64.4 Å². The highest BCUT2D eigenvalue weighted by molar-refractivity contribution is 9.10. The zero-order valence-electron chi connectivity index (χ0n) is 11.3. The Morgan fingerprint density at radius 1 is 1.29 bits per heavy atom. The maximum Gasteiger partial charge on any atom is 0.248 e. The van der Waals surface area contributed by atoms with Crippen LogP contribution in [0.5, 0.6) is 5.75 Å². The molecule has 0 atom stereocenters. The number of anilines is 1. The Morgan fingerprint density at radius 2 is 2.05 bits per heavy atom. The SMILES string of the molecule is COc1ccc(C=CC(=O)Nc2ccccc2F)cc1Br. The van der Waals surface area contributed by atoms with E-state index in [0.29, 0.717) is 5.75 Å². The molecule has 0 aliphatic carbocycles. The van der Waals surface area contributed by atoms with Crippen molar-refractivity contribution in [2.45, 2.75) is 0 Å². The molecule has 0 bridgehead atoms. The Labute approximate surface area is 130 Å². The van der Waals surface area contributed by atoms with Crippen LogP contribution in [0.3, 0.4) is 0 Å². The molecule has 21 heavy (non-hydrogen) atoms. The Morgan fingerprint density at radius 3 is 2.71 bits per heavy atom. The smallest absolute Gasteiger partial charge is 0.248 e. The molecule has 0 radical (unpaired) electrons. The molecule has 0 fully saturated rings. The maximum atomic E-state index is 13.4. The van der Waals surface area contributed by atoms with Crippen LogP contribution in [0, 0.1) is 5.82 Å². The Balaban J connectivity index is 2.05. The van der Waals surface area contributed by atoms with E-state index in [-0.39, 0.29) is 5.69 Å². The topological polar surface area (TPSA) is 38.3 Å². The number of hydrogen-bond donors (Lipinski definition) is 1. The predicted octanol–water partition coefficient (Wildman–Crippen LogP) is 4.25. The lowest BCUT2D eigenvalue weighted by Crippen LogP contribution is -2.08. The van der Waals surface area contributed by atoms with E-state index in [9.17, 15) is 9.18 Å². The first-order valence-electron chi connectivity index (χ1n) is 6.17. The highest BCUT2D eigenvalue weighted by Crippen LogP contribution is 2.26. The number of carbonyl (C=O) groups is 1. The molecule has 0 spiro atoms. The van der Waals surface area contributed by atoms with Gasteiger partial charge in [0.25, 0.3) is 0 Å². The number of hydrogen-bond acceptors (Lipinski definition) is 2. The number of ether oxygens (including phenoxy) is 1. The van der Waals surface area contributed by atoms with Crippen LogP contribution in [0.4, 0.5) is 10.1 Å². The molecule has 0 aromatic heterocycles. The lowest BCUT2D eigenvalue weighted by molar-refractivity contribution is -0.111. The fraction of sp³-hybridized carbons (Fsp3) is 0.0625. The van der Waals surface area contributed by atoms with Gasteiger partial charge in [-0.3, -0.25) is 4.79 Å². The Bertz CT molecular complexity index is 686. The molecular weight excluding hydrogens is 337 g/mol. The Kier molecular flexibility index (Phi) is 5.11. The van der Waals surface area contributed by atoms with E-state index in [2.05, 4.69) is 21.2 Å². The van der Waals surface area contributed by atoms with Gasteiger partial charge in [-0.2, -0.15) is 0 Å². The van der Waals surface area contributed by atoms with Crippen LogP contribution in [0.15, 0.2) is 53.0 Å². The minimum atomic E-state index is -0.466. The quantitative estimate of drug-likeness (QED) is 0.838. The van der Waals surface area contributed by atoms with Crippen molar-refractivity contribution in [2.75, 3.05) is 12.4 Å². The van der Waals surface area contributed by atoms with Gasteiger partial charge in [0.2, 0.25) is 5.91 Å². The molecule has 5 heteroatoms. The van der Waals surface area contributed by atoms with Gasteiger partial charge in [-0.1, -0.05) is 18.2 Å². The van der Waals surface area contributed by atoms with Crippen molar-refractivity contribution in [3.63, 3.8) is 0 Å². The van der Waals surface area contributed by atoms with Gasteiger partial charge in [-0.25, -0.2) is 4.39 Å². The van der Waals surface area contributed by atoms with Crippen LogP contribution >= 0.6 is 15.9 Å². The molecule has 0 aliphatic rings. The van der Waals surface area contributed by atoms with Crippen molar-refractivity contribution in [3.8, 4) is 5.75 Å². The lowest BCUT2D eigenvalue weighted by Gasteiger charge is -2.04. The van der Waals surface area contributed by atoms with Gasteiger partial charge < -0.3 is 10.1 Å². The van der Waals surface area contributed by atoms with Gasteiger partial charge in [0.1, 0.15) is 11.6 Å². The molecule has 108 valence electrons. The molecule has 0 heterocycles. The number of benzene rings is 2. The van der Waals surface area contributed by atoms with E-state index in [1.54, 1.807) is 31.4 Å². The average molecular weight is 350 g/mol. The summed E-state index contributed by atoms with van der Waals surface area (Å²) < 4.78 is 19.3. The van der Waals surface area contributed by atoms with E-state index < -0.39 is 11.7 Å². The maximum absolute atomic E-state index is 13.4. The standard InChI is InChI=1S/C16H13BrFNO2/c1-21-15-8-6-11(10-12(15)17)7-9-16(20)19-14-5-3-2-4-13(14)18/h2-10H,1H3,(H,19,20). The number of rotatable bonds is 4. The molecule has 0 saturated carbocycles. The Hall–Kier alpha value is -2.14. The fourth-order valence-corrected chi connectivity index (χ4v) is 2.25. The molecule has 1 N–H and O–H groups in total. The average Bonchev–Trinajstić information content (AvgIpc) is 2.48. The van der Waals surface area contributed by atoms with Gasteiger partial charge in [-0.05, 0) is 51.8 Å². The first-order valence-corrected chi connectivity index (χ1v) is 6.96. The number of methoxy groups -OCH3 is 1. The van der Waals surface area contributed by atoms with E-state index >= 15 is 0 Å². The highest BCUT2D eigenvalue weighted by Gasteiger charge is 2.03. The number of nitrogens with one attached hydrogen (secondary N) is 1. The lowest BCUT2D eigenvalue weighted by atomic mass is 10.2. The van der Waals surface area contributed by atoms with Crippen LogP contribution in [0.25, 0.3) is 6.08 Å². The minimum absolute atomic E-state index is 0.156. The predicted molar refractivity (Wildman–Crippen MR) is 84.8 cm³/mol. The summed E-state index contributed by atoms with van der Waals surface area (Å²) in [6, 6.07) is 11.4. The fourth-order valence-electron chi connectivity index (χ4n) is 1.70. The second kappa shape index (κ2) is 7.04. The zero-order chi connectivity index (χ0) is 15.2. The van der Waals surface area contributed by atoms with Crippen LogP contribution in [-0.4, -0.2) is 13.0 Å². The second-order valence-electron chi connectivity index (χ2n) is 4.20. The number of para-hydroxylation sites is 1. The summed E-state index contributed by atoms with van der Waals surface area (Å²) >= 11 is 3.37. The molecule has 3 nitrogen and oxygen atoms in total. The summed E-state index contributed by atoms with van der Waals surface area (Å²) in [5.74, 6) is -0.151. The summed E-state index contributed by atoms with van der Waals surface area (Å²) in [7, 11) is 1.58. The van der Waals surface area contributed by atoms with Crippen molar-refractivity contribution in [2.24, 2.45) is 0 Å². The van der Waals surface area contributed by atoms with Gasteiger partial charge in [-0.15, -0.1) is 0 Å². The summed E-state index contributed by atoms with van der Waals surface area (Å²) in [6.07, 6.45) is 2.99. The van der Waals surface area contributed by atoms with E-state index in [4.69, 9.17) is 4.74 Å². The number of carbonyl (C=O) groups excluding carboxylic acids is 1. The third-order valence-electron chi connectivity index (χ3n) is 2.73. The molecule has 2 aromatic carbocycles. The summed E-state index contributed by atoms with van der Waals surface area (Å²) in [5.41, 5.74) is 0.981. The van der Waals surface area contributed by atoms with Gasteiger partial charge in [0, 0.05) is 6.08 Å². The first kappa shape index (κ1) is 15.3. The third kappa shape index (κ3) is 4.16. The van der Waals surface area contributed by atoms with Crippen LogP contribution in [-0.2, 0) is 4.79 Å². The monoisotopic (exact) mass is 349 g/mol. The molecule has 0 unspecified atom stereocenters. The van der Waals surface area contributed by atoms with Crippen molar-refractivity contribution in [1.29, 1.82) is 0 Å². The van der Waals surface area contributed by atoms with Crippen LogP contribution in [0.1, 0.15) is 5.56 Å². The second-order valence-corrected chi connectivity index (χ2v) is 5.05. The molecular formula is C16H13BrFNO2. The van der Waals surface area contributed by atoms with Crippen molar-refractivity contribution < 1.29 is 13.9 Å². The molecule has 2 aromatic rings. The van der Waals surface area contributed by atoms with Crippen LogP contribution in [0.2, 0.25) is 0 Å². The van der Waals surface area contributed by atoms with Crippen LogP contribution < -0.4 is 10.1 Å². The molecule has 0 saturated heterocycles.